The smallest absolute Gasteiger partial charge is 0.410 e. The van der Waals surface area contributed by atoms with E-state index in [0.29, 0.717) is 23.1 Å². The maximum Gasteiger partial charge on any atom is 0.410 e. The van der Waals surface area contributed by atoms with E-state index in [1.807, 2.05) is 37.3 Å². The number of ether oxygens (including phenoxy) is 1. The lowest BCUT2D eigenvalue weighted by molar-refractivity contribution is 0.0563. The third-order valence-electron chi connectivity index (χ3n) is 4.83. The summed E-state index contributed by atoms with van der Waals surface area (Å²) >= 11 is 3.39. The second-order valence-corrected chi connectivity index (χ2v) is 7.36. The minimum Gasteiger partial charge on any atom is -0.445 e. The lowest BCUT2D eigenvalue weighted by atomic mass is 10.0. The molecule has 2 heterocycles. The zero-order chi connectivity index (χ0) is 19.4. The monoisotopic (exact) mass is 433 g/mol. The van der Waals surface area contributed by atoms with Gasteiger partial charge in [-0.2, -0.15) is 0 Å². The maximum absolute atomic E-state index is 14.7. The largest absolute Gasteiger partial charge is 0.445 e. The highest BCUT2D eigenvalue weighted by molar-refractivity contribution is 9.10. The summed E-state index contributed by atoms with van der Waals surface area (Å²) in [5, 5.41) is 0. The Bertz CT molecular complexity index is 847. The summed E-state index contributed by atoms with van der Waals surface area (Å²) in [6.45, 7) is 10.0. The van der Waals surface area contributed by atoms with E-state index < -0.39 is 18.3 Å². The number of hydrogen-bond donors (Lipinski definition) is 0. The number of carbonyl (C=O) groups excluding carboxylic acids is 1. The van der Waals surface area contributed by atoms with Crippen molar-refractivity contribution in [3.05, 3.63) is 63.7 Å². The normalized spacial score (nSPS) is 19.6. The number of likely N-dealkylation sites (tertiary alicyclic amines) is 1. The molecule has 0 aliphatic carbocycles. The van der Waals surface area contributed by atoms with Crippen molar-refractivity contribution in [2.24, 2.45) is 0 Å². The Hall–Kier alpha value is -2.33. The van der Waals surface area contributed by atoms with Crippen LogP contribution in [0.25, 0.3) is 4.85 Å². The molecule has 7 heteroatoms. The lowest BCUT2D eigenvalue weighted by Crippen LogP contribution is -2.45. The van der Waals surface area contributed by atoms with Crippen molar-refractivity contribution in [3.8, 4) is 0 Å². The zero-order valence-corrected chi connectivity index (χ0v) is 16.7. The Balaban J connectivity index is 1.73. The molecule has 3 rings (SSSR count). The molecule has 1 aliphatic heterocycles. The second-order valence-electron chi connectivity index (χ2n) is 6.50. The van der Waals surface area contributed by atoms with Crippen LogP contribution in [0.5, 0.6) is 0 Å². The van der Waals surface area contributed by atoms with Gasteiger partial charge in [-0.25, -0.2) is 14.0 Å². The number of alkyl halides is 1. The van der Waals surface area contributed by atoms with E-state index in [1.54, 1.807) is 15.7 Å². The summed E-state index contributed by atoms with van der Waals surface area (Å²) in [5.74, 6) is 0. The van der Waals surface area contributed by atoms with Gasteiger partial charge in [-0.1, -0.05) is 53.2 Å². The van der Waals surface area contributed by atoms with Crippen LogP contribution in [-0.2, 0) is 17.8 Å². The average Bonchev–Trinajstić information content (AvgIpc) is 3.02. The van der Waals surface area contributed by atoms with Gasteiger partial charge in [-0.3, -0.25) is 0 Å². The Morgan fingerprint density at radius 2 is 2.15 bits per heavy atom. The van der Waals surface area contributed by atoms with E-state index >= 15 is 0 Å². The van der Waals surface area contributed by atoms with Gasteiger partial charge < -0.3 is 14.2 Å². The summed E-state index contributed by atoms with van der Waals surface area (Å²) in [4.78, 5) is 17.6. The molecule has 1 amide bonds. The molecule has 0 spiro atoms. The van der Waals surface area contributed by atoms with Crippen molar-refractivity contribution < 1.29 is 13.9 Å². The maximum atomic E-state index is 14.7. The first-order valence-electron chi connectivity index (χ1n) is 8.91. The van der Waals surface area contributed by atoms with Crippen LogP contribution in [0, 0.1) is 6.57 Å². The van der Waals surface area contributed by atoms with Gasteiger partial charge in [0.2, 0.25) is 5.69 Å². The first-order valence-corrected chi connectivity index (χ1v) is 9.70. The fourth-order valence-corrected chi connectivity index (χ4v) is 3.96. The molecule has 1 aliphatic rings. The molecule has 27 heavy (non-hydrogen) atoms. The van der Waals surface area contributed by atoms with Crippen LogP contribution in [0.1, 0.15) is 30.6 Å². The van der Waals surface area contributed by atoms with E-state index in [0.717, 1.165) is 11.3 Å². The SMILES string of the molecule is [C-]#[N+]c1c(Br)cn(C2CN(C(=O)OCc3ccccc3)CCC2F)c1CC. The van der Waals surface area contributed by atoms with E-state index in [4.69, 9.17) is 11.3 Å². The van der Waals surface area contributed by atoms with Crippen LogP contribution in [-0.4, -0.2) is 34.8 Å². The first kappa shape index (κ1) is 19.4. The van der Waals surface area contributed by atoms with Gasteiger partial charge >= 0.3 is 6.09 Å². The topological polar surface area (TPSA) is 38.8 Å². The van der Waals surface area contributed by atoms with Gasteiger partial charge in [0.25, 0.3) is 0 Å². The number of halogens is 2. The van der Waals surface area contributed by atoms with Gasteiger partial charge in [0.15, 0.2) is 0 Å². The predicted octanol–water partition coefficient (Wildman–Crippen LogP) is 5.29. The van der Waals surface area contributed by atoms with Crippen LogP contribution < -0.4 is 0 Å². The molecular formula is C20H21BrFN3O2. The van der Waals surface area contributed by atoms with Crippen molar-refractivity contribution in [2.45, 2.75) is 38.6 Å². The number of benzene rings is 1. The minimum atomic E-state index is -1.08. The molecule has 2 aromatic rings. The van der Waals surface area contributed by atoms with Crippen LogP contribution in [0.2, 0.25) is 0 Å². The van der Waals surface area contributed by atoms with Gasteiger partial charge in [0, 0.05) is 29.5 Å². The van der Waals surface area contributed by atoms with Crippen LogP contribution >= 0.6 is 15.9 Å². The summed E-state index contributed by atoms with van der Waals surface area (Å²) in [6, 6.07) is 8.93. The van der Waals surface area contributed by atoms with Crippen LogP contribution in [0.15, 0.2) is 41.0 Å². The highest BCUT2D eigenvalue weighted by Gasteiger charge is 2.35. The molecule has 1 saturated heterocycles. The molecule has 142 valence electrons. The third-order valence-corrected chi connectivity index (χ3v) is 5.41. The zero-order valence-electron chi connectivity index (χ0n) is 15.1. The first-order chi connectivity index (χ1) is 13.0. The minimum absolute atomic E-state index is 0.192. The molecule has 1 fully saturated rings. The van der Waals surface area contributed by atoms with Crippen molar-refractivity contribution in [1.82, 2.24) is 9.47 Å². The Morgan fingerprint density at radius 3 is 2.81 bits per heavy atom. The fourth-order valence-electron chi connectivity index (χ4n) is 3.43. The summed E-state index contributed by atoms with van der Waals surface area (Å²) in [7, 11) is 0. The standard InChI is InChI=1S/C20H21BrFN3O2/c1-3-17-19(23-2)15(21)11-25(17)18-12-24(10-9-16(18)22)20(26)27-13-14-7-5-4-6-8-14/h4-8,11,16,18H,3,9-10,12-13H2,1H3. The third kappa shape index (κ3) is 4.16. The summed E-state index contributed by atoms with van der Waals surface area (Å²) in [6.07, 6.45) is 1.10. The number of piperidine rings is 1. The fraction of sp³-hybridized carbons (Fsp3) is 0.400. The van der Waals surface area contributed by atoms with Crippen LogP contribution in [0.4, 0.5) is 14.9 Å². The number of hydrogen-bond acceptors (Lipinski definition) is 2. The lowest BCUT2D eigenvalue weighted by Gasteiger charge is -2.36. The molecule has 1 aromatic heterocycles. The molecule has 0 saturated carbocycles. The molecule has 2 unspecified atom stereocenters. The van der Waals surface area contributed by atoms with E-state index in [9.17, 15) is 9.18 Å². The van der Waals surface area contributed by atoms with Crippen molar-refractivity contribution in [3.63, 3.8) is 0 Å². The number of carbonyl (C=O) groups is 1. The van der Waals surface area contributed by atoms with Gasteiger partial charge in [-0.05, 0) is 18.4 Å². The summed E-state index contributed by atoms with van der Waals surface area (Å²) < 4.78 is 22.5. The molecular weight excluding hydrogens is 413 g/mol. The van der Waals surface area contributed by atoms with E-state index in [2.05, 4.69) is 20.8 Å². The number of nitrogens with zero attached hydrogens (tertiary/aromatic N) is 3. The Morgan fingerprint density at radius 1 is 1.41 bits per heavy atom. The van der Waals surface area contributed by atoms with Crippen molar-refractivity contribution in [1.29, 1.82) is 0 Å². The number of aromatic nitrogens is 1. The Kier molecular flexibility index (Phi) is 6.17. The molecule has 1 aromatic carbocycles. The van der Waals surface area contributed by atoms with Gasteiger partial charge in [0.05, 0.1) is 12.6 Å². The van der Waals surface area contributed by atoms with Crippen LogP contribution in [0.3, 0.4) is 0 Å². The van der Waals surface area contributed by atoms with Crippen molar-refractivity contribution >= 4 is 27.7 Å². The van der Waals surface area contributed by atoms with Gasteiger partial charge in [-0.15, -0.1) is 0 Å². The Labute approximate surface area is 166 Å². The highest BCUT2D eigenvalue weighted by Crippen LogP contribution is 2.37. The molecule has 5 nitrogen and oxygen atoms in total. The molecule has 0 radical (unpaired) electrons. The average molecular weight is 434 g/mol. The van der Waals surface area contributed by atoms with E-state index in [1.165, 1.54) is 0 Å². The number of amides is 1. The highest BCUT2D eigenvalue weighted by atomic mass is 79.9. The van der Waals surface area contributed by atoms with E-state index in [-0.39, 0.29) is 19.6 Å². The number of rotatable bonds is 4. The molecule has 0 bridgehead atoms. The molecule has 2 atom stereocenters. The summed E-state index contributed by atoms with van der Waals surface area (Å²) in [5.41, 5.74) is 2.20. The second kappa shape index (κ2) is 8.57. The quantitative estimate of drug-likeness (QED) is 0.614. The molecule has 0 N–H and O–H groups in total. The predicted molar refractivity (Wildman–Crippen MR) is 105 cm³/mol. The van der Waals surface area contributed by atoms with Crippen molar-refractivity contribution in [2.75, 3.05) is 13.1 Å². The van der Waals surface area contributed by atoms with Gasteiger partial charge in [0.1, 0.15) is 12.8 Å².